The van der Waals surface area contributed by atoms with E-state index >= 15 is 0 Å². The Bertz CT molecular complexity index is 169. The normalized spacial score (nSPS) is 38.4. The Morgan fingerprint density at radius 3 is 3.09 bits per heavy atom. The highest BCUT2D eigenvalue weighted by Crippen LogP contribution is 2.14. The average molecular weight is 155 g/mol. The molecule has 0 aromatic carbocycles. The molecular formula is C8H13NO2. The third-order valence-electron chi connectivity index (χ3n) is 2.36. The van der Waals surface area contributed by atoms with Gasteiger partial charge >= 0.3 is 0 Å². The Hall–Kier alpha value is -0.410. The van der Waals surface area contributed by atoms with Crippen LogP contribution in [0.5, 0.6) is 0 Å². The lowest BCUT2D eigenvalue weighted by molar-refractivity contribution is -0.119. The summed E-state index contributed by atoms with van der Waals surface area (Å²) in [6, 6.07) is 0.726. The van der Waals surface area contributed by atoms with Crippen LogP contribution in [0.2, 0.25) is 0 Å². The second-order valence-corrected chi connectivity index (χ2v) is 3.38. The van der Waals surface area contributed by atoms with Gasteiger partial charge in [-0.2, -0.15) is 0 Å². The molecule has 0 spiro atoms. The summed E-state index contributed by atoms with van der Waals surface area (Å²) in [5.41, 5.74) is 0. The zero-order valence-electron chi connectivity index (χ0n) is 6.51. The summed E-state index contributed by atoms with van der Waals surface area (Å²) in [6.45, 7) is 1.49. The number of carbonyl (C=O) groups is 1. The van der Waals surface area contributed by atoms with Crippen LogP contribution in [-0.4, -0.2) is 31.1 Å². The molecule has 3 nitrogen and oxygen atoms in total. The number of rotatable bonds is 0. The number of hydrogen-bond donors (Lipinski definition) is 1. The highest BCUT2D eigenvalue weighted by atomic mass is 16.5. The molecule has 2 saturated heterocycles. The number of ether oxygens (including phenoxy) is 1. The minimum Gasteiger partial charge on any atom is -0.378 e. The van der Waals surface area contributed by atoms with Crippen LogP contribution >= 0.6 is 0 Å². The quantitative estimate of drug-likeness (QED) is 0.539. The maximum Gasteiger partial charge on any atom is 0.134 e. The molecule has 2 rings (SSSR count). The highest BCUT2D eigenvalue weighted by molar-refractivity contribution is 5.79. The predicted octanol–water partition coefficient (Wildman–Crippen LogP) is 0.0964. The molecule has 3 heteroatoms. The molecule has 2 heterocycles. The molecule has 0 aromatic heterocycles. The van der Waals surface area contributed by atoms with Crippen molar-refractivity contribution in [3.05, 3.63) is 0 Å². The number of morpholine rings is 1. The van der Waals surface area contributed by atoms with E-state index in [4.69, 9.17) is 4.74 Å². The lowest BCUT2D eigenvalue weighted by atomic mass is 10.1. The first-order chi connectivity index (χ1) is 5.34. The first kappa shape index (κ1) is 7.25. The van der Waals surface area contributed by atoms with E-state index < -0.39 is 0 Å². The monoisotopic (exact) mass is 155 g/mol. The standard InChI is InChI=1S/C8H13NO2/c10-8-2-1-6-4-11-5-7(3-8)9-6/h6-7,9H,1-5H2. The van der Waals surface area contributed by atoms with Crippen LogP contribution in [0, 0.1) is 0 Å². The Kier molecular flexibility index (Phi) is 1.92. The fraction of sp³-hybridized carbons (Fsp3) is 0.875. The maximum atomic E-state index is 11.1. The van der Waals surface area contributed by atoms with Gasteiger partial charge in [-0.25, -0.2) is 0 Å². The summed E-state index contributed by atoms with van der Waals surface area (Å²) in [5, 5.41) is 3.40. The van der Waals surface area contributed by atoms with Crippen LogP contribution in [0.25, 0.3) is 0 Å². The summed E-state index contributed by atoms with van der Waals surface area (Å²) >= 11 is 0. The molecule has 2 fully saturated rings. The van der Waals surface area contributed by atoms with Crippen molar-refractivity contribution in [2.75, 3.05) is 13.2 Å². The first-order valence-electron chi connectivity index (χ1n) is 4.20. The fourth-order valence-corrected chi connectivity index (χ4v) is 1.78. The van der Waals surface area contributed by atoms with Gasteiger partial charge in [-0.3, -0.25) is 4.79 Å². The Balaban J connectivity index is 2.04. The van der Waals surface area contributed by atoms with Crippen molar-refractivity contribution >= 4 is 5.78 Å². The molecule has 0 saturated carbocycles. The van der Waals surface area contributed by atoms with Crippen LogP contribution in [-0.2, 0) is 9.53 Å². The van der Waals surface area contributed by atoms with Crippen LogP contribution in [0.15, 0.2) is 0 Å². The van der Waals surface area contributed by atoms with Crippen LogP contribution in [0.1, 0.15) is 19.3 Å². The molecular weight excluding hydrogens is 142 g/mol. The molecule has 11 heavy (non-hydrogen) atoms. The van der Waals surface area contributed by atoms with Crippen molar-refractivity contribution in [1.29, 1.82) is 0 Å². The number of ketones is 1. The van der Waals surface area contributed by atoms with E-state index in [-0.39, 0.29) is 0 Å². The van der Waals surface area contributed by atoms with Crippen molar-refractivity contribution in [2.24, 2.45) is 0 Å². The molecule has 1 N–H and O–H groups in total. The Morgan fingerprint density at radius 2 is 2.18 bits per heavy atom. The third kappa shape index (κ3) is 1.60. The minimum absolute atomic E-state index is 0.295. The molecule has 0 aliphatic carbocycles. The second kappa shape index (κ2) is 2.91. The smallest absolute Gasteiger partial charge is 0.134 e. The summed E-state index contributed by atoms with van der Waals surface area (Å²) in [4.78, 5) is 11.1. The lowest BCUT2D eigenvalue weighted by Gasteiger charge is -2.27. The molecule has 0 radical (unpaired) electrons. The molecule has 0 amide bonds. The minimum atomic E-state index is 0.295. The van der Waals surface area contributed by atoms with E-state index in [1.54, 1.807) is 0 Å². The number of fused-ring (bicyclic) bond motifs is 2. The van der Waals surface area contributed by atoms with Gasteiger partial charge in [0.1, 0.15) is 5.78 Å². The maximum absolute atomic E-state index is 11.1. The highest BCUT2D eigenvalue weighted by Gasteiger charge is 2.27. The van der Waals surface area contributed by atoms with E-state index in [1.807, 2.05) is 0 Å². The van der Waals surface area contributed by atoms with E-state index in [9.17, 15) is 4.79 Å². The van der Waals surface area contributed by atoms with Gasteiger partial charge in [-0.05, 0) is 6.42 Å². The summed E-state index contributed by atoms with van der Waals surface area (Å²) in [7, 11) is 0. The van der Waals surface area contributed by atoms with Crippen LogP contribution in [0.3, 0.4) is 0 Å². The Labute approximate surface area is 66.1 Å². The van der Waals surface area contributed by atoms with Gasteiger partial charge in [0, 0.05) is 24.9 Å². The number of nitrogens with one attached hydrogen (secondary N) is 1. The van der Waals surface area contributed by atoms with E-state index in [0.717, 1.165) is 19.4 Å². The second-order valence-electron chi connectivity index (χ2n) is 3.38. The van der Waals surface area contributed by atoms with E-state index in [1.165, 1.54) is 0 Å². The zero-order chi connectivity index (χ0) is 7.68. The summed E-state index contributed by atoms with van der Waals surface area (Å²) in [6.07, 6.45) is 2.35. The van der Waals surface area contributed by atoms with E-state index in [2.05, 4.69) is 5.32 Å². The molecule has 2 unspecified atom stereocenters. The van der Waals surface area contributed by atoms with Gasteiger partial charge in [0.15, 0.2) is 0 Å². The van der Waals surface area contributed by atoms with Crippen molar-refractivity contribution in [3.8, 4) is 0 Å². The topological polar surface area (TPSA) is 38.3 Å². The number of carbonyl (C=O) groups excluding carboxylic acids is 1. The van der Waals surface area contributed by atoms with Crippen molar-refractivity contribution < 1.29 is 9.53 Å². The molecule has 0 aromatic rings. The van der Waals surface area contributed by atoms with Gasteiger partial charge in [-0.1, -0.05) is 0 Å². The lowest BCUT2D eigenvalue weighted by Crippen LogP contribution is -2.47. The third-order valence-corrected chi connectivity index (χ3v) is 2.36. The van der Waals surface area contributed by atoms with Crippen LogP contribution in [0.4, 0.5) is 0 Å². The largest absolute Gasteiger partial charge is 0.378 e. The fourth-order valence-electron chi connectivity index (χ4n) is 1.78. The van der Waals surface area contributed by atoms with Crippen molar-refractivity contribution in [2.45, 2.75) is 31.3 Å². The van der Waals surface area contributed by atoms with Crippen LogP contribution < -0.4 is 5.32 Å². The average Bonchev–Trinajstić information content (AvgIpc) is 2.12. The Morgan fingerprint density at radius 1 is 1.36 bits per heavy atom. The zero-order valence-corrected chi connectivity index (χ0v) is 6.51. The van der Waals surface area contributed by atoms with Crippen molar-refractivity contribution in [1.82, 2.24) is 5.32 Å². The summed E-state index contributed by atoms with van der Waals surface area (Å²) < 4.78 is 5.35. The molecule has 2 atom stereocenters. The predicted molar refractivity (Wildman–Crippen MR) is 40.4 cm³/mol. The summed E-state index contributed by atoms with van der Waals surface area (Å²) in [5.74, 6) is 0.385. The SMILES string of the molecule is O=C1CCC2COCC(C1)N2. The van der Waals surface area contributed by atoms with Gasteiger partial charge in [-0.15, -0.1) is 0 Å². The van der Waals surface area contributed by atoms with Gasteiger partial charge in [0.05, 0.1) is 13.2 Å². The van der Waals surface area contributed by atoms with Gasteiger partial charge in [0.2, 0.25) is 0 Å². The molecule has 2 aliphatic heterocycles. The molecule has 62 valence electrons. The number of hydrogen-bond acceptors (Lipinski definition) is 3. The van der Waals surface area contributed by atoms with Gasteiger partial charge in [0.25, 0.3) is 0 Å². The first-order valence-corrected chi connectivity index (χ1v) is 4.20. The van der Waals surface area contributed by atoms with E-state index in [0.29, 0.717) is 30.9 Å². The molecule has 2 aliphatic rings. The van der Waals surface area contributed by atoms with Crippen molar-refractivity contribution in [3.63, 3.8) is 0 Å². The number of Topliss-reactive ketones (excluding diaryl/α,β-unsaturated/α-hetero) is 1. The molecule has 2 bridgehead atoms. The van der Waals surface area contributed by atoms with Gasteiger partial charge < -0.3 is 10.1 Å².